The molecule has 0 aliphatic carbocycles. The molecule has 0 aromatic heterocycles. The van der Waals surface area contributed by atoms with E-state index in [0.717, 1.165) is 0 Å². The SMILES string of the molecule is CCN(C)C(=O)CNC1CC(=O)NC1=O. The fourth-order valence-electron chi connectivity index (χ4n) is 1.24. The largest absolute Gasteiger partial charge is 0.345 e. The van der Waals surface area contributed by atoms with Crippen molar-refractivity contribution < 1.29 is 14.4 Å². The van der Waals surface area contributed by atoms with Crippen molar-refractivity contribution in [2.45, 2.75) is 19.4 Å². The molecule has 1 rings (SSSR count). The van der Waals surface area contributed by atoms with E-state index < -0.39 is 6.04 Å². The molecule has 1 fully saturated rings. The van der Waals surface area contributed by atoms with E-state index in [0.29, 0.717) is 6.54 Å². The number of nitrogens with one attached hydrogen (secondary N) is 2. The second kappa shape index (κ2) is 4.88. The molecule has 1 saturated heterocycles. The second-order valence-corrected chi connectivity index (χ2v) is 3.46. The number of likely N-dealkylation sites (N-methyl/N-ethyl adjacent to an activating group) is 1. The van der Waals surface area contributed by atoms with Gasteiger partial charge < -0.3 is 4.90 Å². The number of hydrogen-bond donors (Lipinski definition) is 2. The molecule has 6 heteroatoms. The lowest BCUT2D eigenvalue weighted by molar-refractivity contribution is -0.129. The van der Waals surface area contributed by atoms with Crippen molar-refractivity contribution in [1.82, 2.24) is 15.5 Å². The molecular weight excluding hydrogens is 198 g/mol. The average molecular weight is 213 g/mol. The van der Waals surface area contributed by atoms with Crippen LogP contribution < -0.4 is 10.6 Å². The Morgan fingerprint density at radius 3 is 2.73 bits per heavy atom. The van der Waals surface area contributed by atoms with Crippen molar-refractivity contribution >= 4 is 17.7 Å². The summed E-state index contributed by atoms with van der Waals surface area (Å²) in [6, 6.07) is -0.563. The van der Waals surface area contributed by atoms with E-state index in [-0.39, 0.29) is 30.7 Å². The summed E-state index contributed by atoms with van der Waals surface area (Å²) >= 11 is 0. The standard InChI is InChI=1S/C9H15N3O3/c1-3-12(2)8(14)5-10-6-4-7(13)11-9(6)15/h6,10H,3-5H2,1-2H3,(H,11,13,15). The Morgan fingerprint density at radius 2 is 2.27 bits per heavy atom. The Labute approximate surface area is 88.0 Å². The molecule has 1 unspecified atom stereocenters. The Balaban J connectivity index is 2.34. The molecule has 0 aromatic rings. The van der Waals surface area contributed by atoms with Crippen LogP contribution in [-0.4, -0.2) is 48.8 Å². The summed E-state index contributed by atoms with van der Waals surface area (Å²) in [5.41, 5.74) is 0. The van der Waals surface area contributed by atoms with E-state index in [1.807, 2.05) is 6.92 Å². The molecule has 0 bridgehead atoms. The summed E-state index contributed by atoms with van der Waals surface area (Å²) in [7, 11) is 1.68. The molecule has 1 atom stereocenters. The normalized spacial score (nSPS) is 20.3. The topological polar surface area (TPSA) is 78.5 Å². The summed E-state index contributed by atoms with van der Waals surface area (Å²) in [5.74, 6) is -0.745. The van der Waals surface area contributed by atoms with Crippen molar-refractivity contribution in [3.8, 4) is 0 Å². The minimum atomic E-state index is -0.563. The molecule has 1 heterocycles. The first-order valence-electron chi connectivity index (χ1n) is 4.85. The zero-order chi connectivity index (χ0) is 11.4. The Hall–Kier alpha value is -1.43. The van der Waals surface area contributed by atoms with E-state index in [1.165, 1.54) is 0 Å². The van der Waals surface area contributed by atoms with Gasteiger partial charge in [0.15, 0.2) is 0 Å². The second-order valence-electron chi connectivity index (χ2n) is 3.46. The van der Waals surface area contributed by atoms with Crippen molar-refractivity contribution in [1.29, 1.82) is 0 Å². The van der Waals surface area contributed by atoms with Gasteiger partial charge in [-0.3, -0.25) is 25.0 Å². The van der Waals surface area contributed by atoms with E-state index in [1.54, 1.807) is 11.9 Å². The third kappa shape index (κ3) is 3.02. The smallest absolute Gasteiger partial charge is 0.244 e. The summed E-state index contributed by atoms with van der Waals surface area (Å²) in [6.07, 6.45) is 0.113. The van der Waals surface area contributed by atoms with E-state index in [4.69, 9.17) is 0 Å². The molecule has 15 heavy (non-hydrogen) atoms. The van der Waals surface area contributed by atoms with Crippen LogP contribution in [0.5, 0.6) is 0 Å². The maximum absolute atomic E-state index is 11.4. The van der Waals surface area contributed by atoms with Crippen LogP contribution in [0.2, 0.25) is 0 Å². The first kappa shape index (κ1) is 11.6. The van der Waals surface area contributed by atoms with Gasteiger partial charge in [-0.05, 0) is 6.92 Å². The zero-order valence-electron chi connectivity index (χ0n) is 8.87. The molecule has 0 saturated carbocycles. The number of rotatable bonds is 4. The minimum absolute atomic E-state index is 0.0791. The number of amides is 3. The van der Waals surface area contributed by atoms with Crippen LogP contribution in [0.1, 0.15) is 13.3 Å². The fraction of sp³-hybridized carbons (Fsp3) is 0.667. The van der Waals surface area contributed by atoms with Gasteiger partial charge in [-0.25, -0.2) is 0 Å². The highest BCUT2D eigenvalue weighted by Crippen LogP contribution is 2.00. The summed E-state index contributed by atoms with van der Waals surface area (Å²) in [6.45, 7) is 2.57. The Morgan fingerprint density at radius 1 is 1.60 bits per heavy atom. The molecule has 0 spiro atoms. The average Bonchev–Trinajstić information content (AvgIpc) is 2.52. The van der Waals surface area contributed by atoms with Crippen LogP contribution in [0.15, 0.2) is 0 Å². The Bertz CT molecular complexity index is 290. The highest BCUT2D eigenvalue weighted by molar-refractivity contribution is 6.05. The molecule has 2 N–H and O–H groups in total. The van der Waals surface area contributed by atoms with Gasteiger partial charge in [0, 0.05) is 13.6 Å². The highest BCUT2D eigenvalue weighted by atomic mass is 16.2. The lowest BCUT2D eigenvalue weighted by Crippen LogP contribution is -2.43. The van der Waals surface area contributed by atoms with E-state index in [2.05, 4.69) is 10.6 Å². The first-order chi connectivity index (χ1) is 7.04. The molecule has 0 radical (unpaired) electrons. The van der Waals surface area contributed by atoms with Crippen LogP contribution in [0.4, 0.5) is 0 Å². The molecule has 1 aliphatic heterocycles. The molecular formula is C9H15N3O3. The van der Waals surface area contributed by atoms with Gasteiger partial charge >= 0.3 is 0 Å². The van der Waals surface area contributed by atoms with Crippen LogP contribution >= 0.6 is 0 Å². The van der Waals surface area contributed by atoms with E-state index in [9.17, 15) is 14.4 Å². The Kier molecular flexibility index (Phi) is 3.79. The number of carbonyl (C=O) groups excluding carboxylic acids is 3. The van der Waals surface area contributed by atoms with E-state index >= 15 is 0 Å². The van der Waals surface area contributed by atoms with Crippen LogP contribution in [0.25, 0.3) is 0 Å². The summed E-state index contributed by atoms with van der Waals surface area (Å²) < 4.78 is 0. The van der Waals surface area contributed by atoms with Crippen LogP contribution in [0, 0.1) is 0 Å². The predicted molar refractivity (Wildman–Crippen MR) is 52.9 cm³/mol. The quantitative estimate of drug-likeness (QED) is 0.555. The number of carbonyl (C=O) groups is 3. The van der Waals surface area contributed by atoms with Crippen molar-refractivity contribution in [2.24, 2.45) is 0 Å². The fourth-order valence-corrected chi connectivity index (χ4v) is 1.24. The third-order valence-corrected chi connectivity index (χ3v) is 2.37. The zero-order valence-corrected chi connectivity index (χ0v) is 8.87. The molecule has 6 nitrogen and oxygen atoms in total. The number of imide groups is 1. The predicted octanol–water partition coefficient (Wildman–Crippen LogP) is -1.53. The summed E-state index contributed by atoms with van der Waals surface area (Å²) in [4.78, 5) is 34.9. The lowest BCUT2D eigenvalue weighted by atomic mass is 10.2. The van der Waals surface area contributed by atoms with Crippen LogP contribution in [0.3, 0.4) is 0 Å². The number of nitrogens with zero attached hydrogens (tertiary/aromatic N) is 1. The van der Waals surface area contributed by atoms with Crippen molar-refractivity contribution in [3.05, 3.63) is 0 Å². The van der Waals surface area contributed by atoms with Gasteiger partial charge in [-0.2, -0.15) is 0 Å². The molecule has 1 aliphatic rings. The summed E-state index contributed by atoms with van der Waals surface area (Å²) in [5, 5.41) is 4.92. The lowest BCUT2D eigenvalue weighted by Gasteiger charge is -2.16. The van der Waals surface area contributed by atoms with Gasteiger partial charge in [-0.1, -0.05) is 0 Å². The van der Waals surface area contributed by atoms with Crippen LogP contribution in [-0.2, 0) is 14.4 Å². The molecule has 84 valence electrons. The van der Waals surface area contributed by atoms with Gasteiger partial charge in [-0.15, -0.1) is 0 Å². The van der Waals surface area contributed by atoms with Gasteiger partial charge in [0.1, 0.15) is 0 Å². The van der Waals surface area contributed by atoms with Crippen molar-refractivity contribution in [2.75, 3.05) is 20.1 Å². The monoisotopic (exact) mass is 213 g/mol. The third-order valence-electron chi connectivity index (χ3n) is 2.37. The maximum atomic E-state index is 11.4. The maximum Gasteiger partial charge on any atom is 0.244 e. The molecule has 0 aromatic carbocycles. The van der Waals surface area contributed by atoms with Gasteiger partial charge in [0.25, 0.3) is 0 Å². The van der Waals surface area contributed by atoms with Gasteiger partial charge in [0.05, 0.1) is 19.0 Å². The van der Waals surface area contributed by atoms with Crippen molar-refractivity contribution in [3.63, 3.8) is 0 Å². The number of hydrogen-bond acceptors (Lipinski definition) is 4. The molecule has 3 amide bonds. The first-order valence-corrected chi connectivity index (χ1v) is 4.85. The highest BCUT2D eigenvalue weighted by Gasteiger charge is 2.30. The van der Waals surface area contributed by atoms with Gasteiger partial charge in [0.2, 0.25) is 17.7 Å². The minimum Gasteiger partial charge on any atom is -0.345 e.